The van der Waals surface area contributed by atoms with Gasteiger partial charge in [-0.05, 0) is 30.2 Å². The van der Waals surface area contributed by atoms with Crippen LogP contribution in [-0.2, 0) is 6.42 Å². The van der Waals surface area contributed by atoms with Gasteiger partial charge in [0.2, 0.25) is 0 Å². The first-order valence-corrected chi connectivity index (χ1v) is 7.30. The summed E-state index contributed by atoms with van der Waals surface area (Å²) in [6.45, 7) is 4.23. The van der Waals surface area contributed by atoms with Gasteiger partial charge in [-0.15, -0.1) is 0 Å². The van der Waals surface area contributed by atoms with Crippen molar-refractivity contribution in [1.82, 2.24) is 9.78 Å². The van der Waals surface area contributed by atoms with Gasteiger partial charge in [-0.3, -0.25) is 0 Å². The second-order valence-corrected chi connectivity index (χ2v) is 5.94. The Hall–Kier alpha value is -2.07. The average Bonchev–Trinajstić information content (AvgIpc) is 2.78. The summed E-state index contributed by atoms with van der Waals surface area (Å²) in [4.78, 5) is 0. The van der Waals surface area contributed by atoms with Crippen molar-refractivity contribution < 1.29 is 4.73 Å². The fraction of sp³-hybridized carbons (Fsp3) is 0.250. The van der Waals surface area contributed by atoms with E-state index in [0.29, 0.717) is 16.5 Å². The molecule has 3 rings (SSSR count). The minimum atomic E-state index is 0.427. The molecule has 4 nitrogen and oxygen atoms in total. The minimum Gasteiger partial charge on any atom is -0.618 e. The lowest BCUT2D eigenvalue weighted by atomic mass is 10.1. The standard InChI is InChI=1S/C16H16ClN3O/c1-11(2)9-14-16-15(7-4-8-19(16)21)20(18-14)13-6-3-5-12(17)10-13/h3-8,10-11H,9H2,1-2H3. The molecule has 2 aromatic heterocycles. The molecule has 0 saturated heterocycles. The largest absolute Gasteiger partial charge is 0.618 e. The zero-order valence-electron chi connectivity index (χ0n) is 12.0. The van der Waals surface area contributed by atoms with E-state index in [4.69, 9.17) is 11.6 Å². The van der Waals surface area contributed by atoms with Gasteiger partial charge < -0.3 is 5.21 Å². The zero-order valence-corrected chi connectivity index (χ0v) is 12.7. The molecule has 0 fully saturated rings. The van der Waals surface area contributed by atoms with Crippen LogP contribution in [0, 0.1) is 11.1 Å². The van der Waals surface area contributed by atoms with Crippen LogP contribution < -0.4 is 4.73 Å². The van der Waals surface area contributed by atoms with Gasteiger partial charge in [0.15, 0.2) is 6.20 Å². The number of hydrogen-bond donors (Lipinski definition) is 0. The summed E-state index contributed by atoms with van der Waals surface area (Å²) in [5.74, 6) is 0.427. The van der Waals surface area contributed by atoms with Crippen molar-refractivity contribution in [3.8, 4) is 5.69 Å². The molecular weight excluding hydrogens is 286 g/mol. The Balaban J connectivity index is 2.26. The highest BCUT2D eigenvalue weighted by atomic mass is 35.5. The molecule has 3 aromatic rings. The van der Waals surface area contributed by atoms with Crippen LogP contribution in [0.5, 0.6) is 0 Å². The monoisotopic (exact) mass is 301 g/mol. The molecule has 1 aromatic carbocycles. The molecule has 0 saturated carbocycles. The molecule has 2 heterocycles. The number of pyridine rings is 1. The molecule has 0 aliphatic rings. The highest BCUT2D eigenvalue weighted by Gasteiger charge is 2.19. The molecule has 0 unspecified atom stereocenters. The Morgan fingerprint density at radius 1 is 1.29 bits per heavy atom. The van der Waals surface area contributed by atoms with Gasteiger partial charge >= 0.3 is 0 Å². The highest BCUT2D eigenvalue weighted by molar-refractivity contribution is 6.30. The van der Waals surface area contributed by atoms with Crippen molar-refractivity contribution in [3.05, 3.63) is 58.5 Å². The van der Waals surface area contributed by atoms with Crippen LogP contribution >= 0.6 is 11.6 Å². The lowest BCUT2D eigenvalue weighted by Gasteiger charge is -2.03. The van der Waals surface area contributed by atoms with Crippen LogP contribution in [-0.4, -0.2) is 9.78 Å². The third kappa shape index (κ3) is 2.59. The molecule has 5 heteroatoms. The number of rotatable bonds is 3. The zero-order chi connectivity index (χ0) is 15.0. The van der Waals surface area contributed by atoms with Crippen molar-refractivity contribution in [2.45, 2.75) is 20.3 Å². The van der Waals surface area contributed by atoms with Crippen LogP contribution in [0.3, 0.4) is 0 Å². The first-order chi connectivity index (χ1) is 10.1. The fourth-order valence-corrected chi connectivity index (χ4v) is 2.66. The summed E-state index contributed by atoms with van der Waals surface area (Å²) in [6, 6.07) is 11.1. The molecule has 0 aliphatic carbocycles. The molecule has 108 valence electrons. The normalized spacial score (nSPS) is 11.4. The maximum Gasteiger partial charge on any atom is 0.265 e. The van der Waals surface area contributed by atoms with Crippen molar-refractivity contribution in [3.63, 3.8) is 0 Å². The van der Waals surface area contributed by atoms with Crippen LogP contribution in [0.2, 0.25) is 5.02 Å². The molecule has 0 N–H and O–H groups in total. The summed E-state index contributed by atoms with van der Waals surface area (Å²) in [6.07, 6.45) is 2.27. The predicted octanol–water partition coefficient (Wildman–Crippen LogP) is 3.51. The van der Waals surface area contributed by atoms with Gasteiger partial charge in [0, 0.05) is 17.5 Å². The maximum atomic E-state index is 12.1. The second-order valence-electron chi connectivity index (χ2n) is 5.50. The molecule has 0 spiro atoms. The van der Waals surface area contributed by atoms with E-state index in [1.807, 2.05) is 30.3 Å². The summed E-state index contributed by atoms with van der Waals surface area (Å²) in [5, 5.41) is 17.4. The van der Waals surface area contributed by atoms with Crippen molar-refractivity contribution >= 4 is 22.6 Å². The molecule has 0 amide bonds. The Bertz CT molecular complexity index is 795. The Kier molecular flexibility index (Phi) is 3.55. The summed E-state index contributed by atoms with van der Waals surface area (Å²) >= 11 is 6.06. The van der Waals surface area contributed by atoms with Crippen LogP contribution in [0.15, 0.2) is 42.6 Å². The van der Waals surface area contributed by atoms with Gasteiger partial charge in [0.25, 0.3) is 5.52 Å². The number of fused-ring (bicyclic) bond motifs is 1. The maximum absolute atomic E-state index is 12.1. The minimum absolute atomic E-state index is 0.427. The van der Waals surface area contributed by atoms with E-state index in [2.05, 4.69) is 18.9 Å². The fourth-order valence-electron chi connectivity index (χ4n) is 2.48. The van der Waals surface area contributed by atoms with Crippen LogP contribution in [0.4, 0.5) is 0 Å². The first kappa shape index (κ1) is 13.9. The van der Waals surface area contributed by atoms with Crippen LogP contribution in [0.1, 0.15) is 19.5 Å². The third-order valence-electron chi connectivity index (χ3n) is 3.32. The molecule has 21 heavy (non-hydrogen) atoms. The third-order valence-corrected chi connectivity index (χ3v) is 3.55. The first-order valence-electron chi connectivity index (χ1n) is 6.92. The van der Waals surface area contributed by atoms with E-state index in [-0.39, 0.29) is 0 Å². The number of nitrogens with zero attached hydrogens (tertiary/aromatic N) is 3. The van der Waals surface area contributed by atoms with E-state index < -0.39 is 0 Å². The number of benzene rings is 1. The summed E-state index contributed by atoms with van der Waals surface area (Å²) in [5.41, 5.74) is 3.10. The predicted molar refractivity (Wildman–Crippen MR) is 83.6 cm³/mol. The second kappa shape index (κ2) is 5.37. The molecular formula is C16H16ClN3O. The van der Waals surface area contributed by atoms with Gasteiger partial charge in [-0.1, -0.05) is 31.5 Å². The Morgan fingerprint density at radius 2 is 2.10 bits per heavy atom. The Labute approximate surface area is 128 Å². The SMILES string of the molecule is CC(C)Cc1nn(-c2cccc(Cl)c2)c2ccc[n+]([O-])c12. The van der Waals surface area contributed by atoms with E-state index in [0.717, 1.165) is 28.0 Å². The lowest BCUT2D eigenvalue weighted by molar-refractivity contribution is -0.577. The quantitative estimate of drug-likeness (QED) is 0.549. The summed E-state index contributed by atoms with van der Waals surface area (Å²) < 4.78 is 2.68. The highest BCUT2D eigenvalue weighted by Crippen LogP contribution is 2.22. The number of aromatic nitrogens is 3. The summed E-state index contributed by atoms with van der Waals surface area (Å²) in [7, 11) is 0. The van der Waals surface area contributed by atoms with Gasteiger partial charge in [-0.2, -0.15) is 9.83 Å². The number of halogens is 1. The van der Waals surface area contributed by atoms with Gasteiger partial charge in [0.1, 0.15) is 11.2 Å². The number of hydrogen-bond acceptors (Lipinski definition) is 2. The van der Waals surface area contributed by atoms with Crippen molar-refractivity contribution in [2.75, 3.05) is 0 Å². The van der Waals surface area contributed by atoms with E-state index in [9.17, 15) is 5.21 Å². The molecule has 0 radical (unpaired) electrons. The Morgan fingerprint density at radius 3 is 2.81 bits per heavy atom. The van der Waals surface area contributed by atoms with Crippen molar-refractivity contribution in [1.29, 1.82) is 0 Å². The van der Waals surface area contributed by atoms with Crippen molar-refractivity contribution in [2.24, 2.45) is 5.92 Å². The van der Waals surface area contributed by atoms with E-state index >= 15 is 0 Å². The molecule has 0 bridgehead atoms. The van der Waals surface area contributed by atoms with Gasteiger partial charge in [0.05, 0.1) is 5.69 Å². The van der Waals surface area contributed by atoms with E-state index in [1.54, 1.807) is 10.7 Å². The van der Waals surface area contributed by atoms with Crippen LogP contribution in [0.25, 0.3) is 16.7 Å². The van der Waals surface area contributed by atoms with Gasteiger partial charge in [-0.25, -0.2) is 4.68 Å². The van der Waals surface area contributed by atoms with E-state index in [1.165, 1.54) is 6.20 Å². The molecule has 0 atom stereocenters. The molecule has 0 aliphatic heterocycles. The topological polar surface area (TPSA) is 44.8 Å². The lowest BCUT2D eigenvalue weighted by Crippen LogP contribution is -2.26. The smallest absolute Gasteiger partial charge is 0.265 e. The average molecular weight is 302 g/mol.